The molecule has 1 fully saturated rings. The van der Waals surface area contributed by atoms with Crippen LogP contribution in [0.25, 0.3) is 0 Å². The normalized spacial score (nSPS) is 24.8. The van der Waals surface area contributed by atoms with Crippen LogP contribution in [0.15, 0.2) is 24.3 Å². The Labute approximate surface area is 151 Å². The lowest BCUT2D eigenvalue weighted by molar-refractivity contribution is 0.348. The van der Waals surface area contributed by atoms with Gasteiger partial charge in [0.25, 0.3) is 0 Å². The number of rotatable bonds is 4. The summed E-state index contributed by atoms with van der Waals surface area (Å²) < 4.78 is 13.2. The third-order valence-corrected chi connectivity index (χ3v) is 5.22. The number of hydrazine groups is 1. The Kier molecular flexibility index (Phi) is 4.49. The number of nitriles is 1. The largest absolute Gasteiger partial charge is 0.381 e. The Morgan fingerprint density at radius 3 is 2.88 bits per heavy atom. The molecule has 0 spiro atoms. The van der Waals surface area contributed by atoms with E-state index in [9.17, 15) is 9.65 Å². The number of aromatic nitrogens is 2. The van der Waals surface area contributed by atoms with Crippen LogP contribution in [0.1, 0.15) is 41.1 Å². The standard InChI is InChI=1S/C18H22FN7/c19-14-8-16(22-10-14)23-25-26-18(21)15(9-20)17(24-26)13-6-5-11-3-1-2-4-12(11)7-13/h1-4,13-14,16,22-23,25H,5-8,10,21H2/t13?,14-,16+/m1/s1. The second-order valence-corrected chi connectivity index (χ2v) is 6.93. The van der Waals surface area contributed by atoms with Crippen molar-refractivity contribution in [1.29, 1.82) is 5.26 Å². The van der Waals surface area contributed by atoms with Gasteiger partial charge >= 0.3 is 0 Å². The molecule has 1 aromatic carbocycles. The van der Waals surface area contributed by atoms with Gasteiger partial charge < -0.3 is 5.73 Å². The van der Waals surface area contributed by atoms with Crippen LogP contribution < -0.4 is 22.0 Å². The van der Waals surface area contributed by atoms with Gasteiger partial charge in [-0.05, 0) is 30.4 Å². The predicted octanol–water partition coefficient (Wildman–Crippen LogP) is 1.32. The van der Waals surface area contributed by atoms with Gasteiger partial charge in [0, 0.05) is 18.9 Å². The van der Waals surface area contributed by atoms with E-state index in [-0.39, 0.29) is 17.9 Å². The zero-order chi connectivity index (χ0) is 18.1. The fourth-order valence-electron chi connectivity index (χ4n) is 3.81. The summed E-state index contributed by atoms with van der Waals surface area (Å²) >= 11 is 0. The number of aryl methyl sites for hydroxylation is 1. The Bertz CT molecular complexity index is 841. The molecule has 1 unspecified atom stereocenters. The van der Waals surface area contributed by atoms with Crippen molar-refractivity contribution in [2.24, 2.45) is 0 Å². The van der Waals surface area contributed by atoms with Crippen LogP contribution in [0.5, 0.6) is 0 Å². The van der Waals surface area contributed by atoms with E-state index in [1.165, 1.54) is 15.9 Å². The number of nitrogen functional groups attached to an aromatic ring is 1. The molecule has 2 aliphatic rings. The van der Waals surface area contributed by atoms with Crippen molar-refractivity contribution in [1.82, 2.24) is 20.6 Å². The van der Waals surface area contributed by atoms with Gasteiger partial charge in [-0.15, -0.1) is 4.79 Å². The van der Waals surface area contributed by atoms with E-state index < -0.39 is 6.17 Å². The summed E-state index contributed by atoms with van der Waals surface area (Å²) in [5.74, 6) is 0.424. The summed E-state index contributed by atoms with van der Waals surface area (Å²) in [5.41, 5.74) is 15.7. The van der Waals surface area contributed by atoms with Crippen LogP contribution in [0.3, 0.4) is 0 Å². The molecule has 0 saturated carbocycles. The zero-order valence-electron chi connectivity index (χ0n) is 14.4. The highest BCUT2D eigenvalue weighted by Crippen LogP contribution is 2.34. The van der Waals surface area contributed by atoms with E-state index >= 15 is 0 Å². The number of nitrogens with zero attached hydrogens (tertiary/aromatic N) is 3. The fourth-order valence-corrected chi connectivity index (χ4v) is 3.81. The smallest absolute Gasteiger partial charge is 0.164 e. The Balaban J connectivity index is 1.53. The Morgan fingerprint density at radius 2 is 2.15 bits per heavy atom. The highest BCUT2D eigenvalue weighted by Gasteiger charge is 2.28. The van der Waals surface area contributed by atoms with E-state index in [2.05, 4.69) is 45.6 Å². The number of alkyl halides is 1. The summed E-state index contributed by atoms with van der Waals surface area (Å²) in [4.78, 5) is 1.38. The van der Waals surface area contributed by atoms with Crippen LogP contribution in [0, 0.1) is 11.3 Å². The van der Waals surface area contributed by atoms with Gasteiger partial charge in [-0.25, -0.2) is 15.4 Å². The number of nitrogens with one attached hydrogen (secondary N) is 3. The molecule has 136 valence electrons. The van der Waals surface area contributed by atoms with E-state index in [0.29, 0.717) is 18.5 Å². The summed E-state index contributed by atoms with van der Waals surface area (Å²) in [6, 6.07) is 10.6. The lowest BCUT2D eigenvalue weighted by atomic mass is 9.81. The zero-order valence-corrected chi connectivity index (χ0v) is 14.4. The average Bonchev–Trinajstić information content (AvgIpc) is 3.22. The van der Waals surface area contributed by atoms with Gasteiger partial charge in [0.05, 0.1) is 11.9 Å². The van der Waals surface area contributed by atoms with Crippen LogP contribution in [0.4, 0.5) is 10.2 Å². The van der Waals surface area contributed by atoms with Crippen molar-refractivity contribution in [2.45, 2.75) is 43.9 Å². The first-order valence-electron chi connectivity index (χ1n) is 8.90. The molecule has 2 heterocycles. The van der Waals surface area contributed by atoms with Crippen LogP contribution in [-0.4, -0.2) is 28.8 Å². The average molecular weight is 355 g/mol. The Hall–Kier alpha value is -2.63. The van der Waals surface area contributed by atoms with Crippen LogP contribution in [-0.2, 0) is 12.8 Å². The van der Waals surface area contributed by atoms with Gasteiger partial charge in [0.2, 0.25) is 0 Å². The second-order valence-electron chi connectivity index (χ2n) is 6.93. The SMILES string of the molecule is N#Cc1c(C2CCc3ccccc3C2)nn(NN[C@H]2C[C@@H](F)CN2)c1N. The second kappa shape index (κ2) is 6.94. The lowest BCUT2D eigenvalue weighted by Gasteiger charge is -2.23. The number of nitrogens with two attached hydrogens (primary N) is 1. The van der Waals surface area contributed by atoms with Gasteiger partial charge in [-0.1, -0.05) is 24.3 Å². The first-order chi connectivity index (χ1) is 12.7. The van der Waals surface area contributed by atoms with Gasteiger partial charge in [-0.2, -0.15) is 10.4 Å². The first-order valence-corrected chi connectivity index (χ1v) is 8.90. The summed E-state index contributed by atoms with van der Waals surface area (Å²) in [7, 11) is 0. The van der Waals surface area contributed by atoms with Crippen molar-refractivity contribution < 1.29 is 4.39 Å². The predicted molar refractivity (Wildman–Crippen MR) is 96.4 cm³/mol. The maximum atomic E-state index is 13.2. The van der Waals surface area contributed by atoms with Crippen molar-refractivity contribution in [3.63, 3.8) is 0 Å². The maximum Gasteiger partial charge on any atom is 0.164 e. The molecular formula is C18H22FN7. The number of hydrogen-bond acceptors (Lipinski definition) is 6. The third-order valence-electron chi connectivity index (χ3n) is 5.22. The molecule has 8 heteroatoms. The van der Waals surface area contributed by atoms with Crippen LogP contribution >= 0.6 is 0 Å². The molecule has 2 aromatic rings. The minimum Gasteiger partial charge on any atom is -0.381 e. The molecule has 5 N–H and O–H groups in total. The minimum atomic E-state index is -0.864. The molecule has 0 radical (unpaired) electrons. The summed E-state index contributed by atoms with van der Waals surface area (Å²) in [6.07, 6.45) is 2.05. The van der Waals surface area contributed by atoms with E-state index in [0.717, 1.165) is 25.0 Å². The van der Waals surface area contributed by atoms with E-state index in [1.54, 1.807) is 0 Å². The summed E-state index contributed by atoms with van der Waals surface area (Å²) in [6.45, 7) is 0.324. The van der Waals surface area contributed by atoms with Crippen LogP contribution in [0.2, 0.25) is 0 Å². The van der Waals surface area contributed by atoms with Gasteiger partial charge in [-0.3, -0.25) is 5.32 Å². The monoisotopic (exact) mass is 355 g/mol. The van der Waals surface area contributed by atoms with E-state index in [4.69, 9.17) is 5.73 Å². The molecule has 26 heavy (non-hydrogen) atoms. The molecular weight excluding hydrogens is 333 g/mol. The number of halogens is 1. The molecule has 4 rings (SSSR count). The van der Waals surface area contributed by atoms with E-state index in [1.807, 2.05) is 6.07 Å². The molecule has 1 saturated heterocycles. The van der Waals surface area contributed by atoms with Gasteiger partial charge in [0.1, 0.15) is 17.8 Å². The molecule has 1 aromatic heterocycles. The highest BCUT2D eigenvalue weighted by atomic mass is 19.1. The number of benzene rings is 1. The Morgan fingerprint density at radius 1 is 1.35 bits per heavy atom. The number of fused-ring (bicyclic) bond motifs is 1. The molecule has 7 nitrogen and oxygen atoms in total. The van der Waals surface area contributed by atoms with Crippen molar-refractivity contribution in [3.05, 3.63) is 46.6 Å². The topological polar surface area (TPSA) is 104 Å². The summed E-state index contributed by atoms with van der Waals surface area (Å²) in [5, 5.41) is 17.1. The quantitative estimate of drug-likeness (QED) is 0.617. The fraction of sp³-hybridized carbons (Fsp3) is 0.444. The molecule has 0 bridgehead atoms. The minimum absolute atomic E-state index is 0.157. The molecule has 0 amide bonds. The maximum absolute atomic E-state index is 13.2. The highest BCUT2D eigenvalue weighted by molar-refractivity contribution is 5.54. The molecule has 1 aliphatic heterocycles. The molecule has 1 aliphatic carbocycles. The van der Waals surface area contributed by atoms with Gasteiger partial charge in [0.15, 0.2) is 5.82 Å². The molecule has 3 atom stereocenters. The van der Waals surface area contributed by atoms with Crippen molar-refractivity contribution in [2.75, 3.05) is 17.8 Å². The van der Waals surface area contributed by atoms with Crippen molar-refractivity contribution in [3.8, 4) is 6.07 Å². The first kappa shape index (κ1) is 16.8. The number of anilines is 1. The third kappa shape index (κ3) is 3.11. The number of hydrogen-bond donors (Lipinski definition) is 4. The van der Waals surface area contributed by atoms with Crippen molar-refractivity contribution >= 4 is 5.82 Å². The lowest BCUT2D eigenvalue weighted by Crippen LogP contribution is -2.45.